The number of halogens is 4. The summed E-state index contributed by atoms with van der Waals surface area (Å²) >= 11 is 1.81. The van der Waals surface area contributed by atoms with Crippen LogP contribution < -0.4 is 5.32 Å². The number of rotatable bonds is 5. The van der Waals surface area contributed by atoms with Crippen LogP contribution in [-0.4, -0.2) is 47.7 Å². The van der Waals surface area contributed by atoms with Crippen LogP contribution in [0.5, 0.6) is 0 Å². The molecule has 0 atom stereocenters. The van der Waals surface area contributed by atoms with Crippen LogP contribution in [0.1, 0.15) is 31.1 Å². The van der Waals surface area contributed by atoms with Gasteiger partial charge in [-0.25, -0.2) is 4.79 Å². The molecule has 0 bridgehead atoms. The van der Waals surface area contributed by atoms with E-state index in [9.17, 15) is 22.8 Å². The number of anilines is 1. The molecule has 0 radical (unpaired) electrons. The van der Waals surface area contributed by atoms with Crippen LogP contribution in [-0.2, 0) is 4.79 Å². The number of benzene rings is 1. The lowest BCUT2D eigenvalue weighted by Gasteiger charge is -2.13. The van der Waals surface area contributed by atoms with Crippen molar-refractivity contribution in [2.75, 3.05) is 25.0 Å². The van der Waals surface area contributed by atoms with Crippen molar-refractivity contribution in [1.29, 1.82) is 0 Å². The van der Waals surface area contributed by atoms with E-state index in [1.807, 2.05) is 22.6 Å². The molecule has 0 aliphatic rings. The summed E-state index contributed by atoms with van der Waals surface area (Å²) in [7, 11) is 0. The molecule has 5 nitrogen and oxygen atoms in total. The van der Waals surface area contributed by atoms with Gasteiger partial charge in [0.2, 0.25) is 0 Å². The molecule has 1 amide bonds. The number of aromatic carboxylic acids is 1. The molecule has 0 aliphatic heterocycles. The normalized spacial score (nSPS) is 10.8. The molecular weight excluding hydrogens is 440 g/mol. The number of hydrogen-bond donors (Lipinski definition) is 2. The Kier molecular flexibility index (Phi) is 9.90. The molecule has 0 aromatic heterocycles. The maximum absolute atomic E-state index is 12.0. The van der Waals surface area contributed by atoms with Crippen molar-refractivity contribution in [3.8, 4) is 0 Å². The maximum atomic E-state index is 12.0. The summed E-state index contributed by atoms with van der Waals surface area (Å²) in [5.41, 5.74) is -0.783. The smallest absolute Gasteiger partial charge is 0.471 e. The Morgan fingerprint density at radius 1 is 1.17 bits per heavy atom. The first-order valence-corrected chi connectivity index (χ1v) is 8.27. The minimum atomic E-state index is -5.06. The van der Waals surface area contributed by atoms with Gasteiger partial charge in [-0.15, -0.1) is 0 Å². The second kappa shape index (κ2) is 10.5. The number of nitrogens with one attached hydrogen (secondary N) is 1. The highest BCUT2D eigenvalue weighted by molar-refractivity contribution is 14.1. The third-order valence-corrected chi connectivity index (χ3v) is 3.73. The first-order valence-electron chi connectivity index (χ1n) is 7.20. The fourth-order valence-electron chi connectivity index (χ4n) is 1.67. The summed E-state index contributed by atoms with van der Waals surface area (Å²) in [6.45, 7) is 10.1. The predicted octanol–water partition coefficient (Wildman–Crippen LogP) is 3.84. The average molecular weight is 460 g/mol. The number of carbonyl (C=O) groups is 2. The first kappa shape index (κ1) is 22.6. The van der Waals surface area contributed by atoms with Gasteiger partial charge in [-0.05, 0) is 60.4 Å². The standard InChI is InChI=1S/C9H5F3INO3.C6H15N/c10-9(11,12)8(17)14-6-2-1-4(13)3-5(6)7(15)16;1-4-7(5-2)6-3/h1-3H,(H,14,17)(H,15,16);4-6H2,1-3H3. The van der Waals surface area contributed by atoms with Gasteiger partial charge in [-0.3, -0.25) is 4.79 Å². The number of carbonyl (C=O) groups excluding carboxylic acids is 1. The molecule has 0 fully saturated rings. The van der Waals surface area contributed by atoms with Crippen molar-refractivity contribution < 1.29 is 27.9 Å². The lowest BCUT2D eigenvalue weighted by molar-refractivity contribution is -0.167. The minimum absolute atomic E-state index is 0.389. The van der Waals surface area contributed by atoms with E-state index < -0.39 is 23.6 Å². The third kappa shape index (κ3) is 7.95. The number of alkyl halides is 3. The Hall–Kier alpha value is -1.36. The highest BCUT2D eigenvalue weighted by Gasteiger charge is 2.39. The third-order valence-electron chi connectivity index (χ3n) is 3.06. The van der Waals surface area contributed by atoms with Crippen LogP contribution in [0.4, 0.5) is 18.9 Å². The van der Waals surface area contributed by atoms with Gasteiger partial charge in [-0.2, -0.15) is 13.2 Å². The summed E-state index contributed by atoms with van der Waals surface area (Å²) in [6, 6.07) is 3.66. The van der Waals surface area contributed by atoms with E-state index in [-0.39, 0.29) is 5.69 Å². The molecule has 0 spiro atoms. The van der Waals surface area contributed by atoms with E-state index >= 15 is 0 Å². The Morgan fingerprint density at radius 3 is 2.00 bits per heavy atom. The molecule has 1 aromatic carbocycles. The molecule has 0 heterocycles. The van der Waals surface area contributed by atoms with E-state index in [1.165, 1.54) is 31.0 Å². The predicted molar refractivity (Wildman–Crippen MR) is 94.3 cm³/mol. The summed E-state index contributed by atoms with van der Waals surface area (Å²) in [4.78, 5) is 23.8. The van der Waals surface area contributed by atoms with Crippen molar-refractivity contribution in [3.05, 3.63) is 27.3 Å². The summed E-state index contributed by atoms with van der Waals surface area (Å²) < 4.78 is 36.5. The van der Waals surface area contributed by atoms with Crippen molar-refractivity contribution in [2.24, 2.45) is 0 Å². The molecule has 0 unspecified atom stereocenters. The molecular formula is C15H20F3IN2O3. The van der Waals surface area contributed by atoms with E-state index in [4.69, 9.17) is 5.11 Å². The second-order valence-corrected chi connectivity index (χ2v) is 5.81. The summed E-state index contributed by atoms with van der Waals surface area (Å²) in [5, 5.41) is 10.3. The highest BCUT2D eigenvalue weighted by atomic mass is 127. The Morgan fingerprint density at radius 2 is 1.67 bits per heavy atom. The fraction of sp³-hybridized carbons (Fsp3) is 0.467. The molecule has 0 aliphatic carbocycles. The topological polar surface area (TPSA) is 69.6 Å². The fourth-order valence-corrected chi connectivity index (χ4v) is 2.16. The van der Waals surface area contributed by atoms with E-state index in [0.717, 1.165) is 12.1 Å². The van der Waals surface area contributed by atoms with Gasteiger partial charge in [-0.1, -0.05) is 20.8 Å². The average Bonchev–Trinajstić information content (AvgIpc) is 2.50. The molecule has 24 heavy (non-hydrogen) atoms. The molecule has 136 valence electrons. The van der Waals surface area contributed by atoms with Crippen LogP contribution in [0.15, 0.2) is 18.2 Å². The van der Waals surface area contributed by atoms with Crippen LogP contribution >= 0.6 is 22.6 Å². The zero-order chi connectivity index (χ0) is 18.9. The summed E-state index contributed by atoms with van der Waals surface area (Å²) in [5.74, 6) is -3.62. The molecule has 9 heteroatoms. The van der Waals surface area contributed by atoms with E-state index in [1.54, 1.807) is 0 Å². The van der Waals surface area contributed by atoms with Crippen LogP contribution in [0.25, 0.3) is 0 Å². The maximum Gasteiger partial charge on any atom is 0.471 e. The summed E-state index contributed by atoms with van der Waals surface area (Å²) in [6.07, 6.45) is -5.06. The lowest BCUT2D eigenvalue weighted by Crippen LogP contribution is -2.30. The Bertz CT molecular complexity index is 556. The monoisotopic (exact) mass is 460 g/mol. The van der Waals surface area contributed by atoms with Gasteiger partial charge in [0.1, 0.15) is 0 Å². The lowest BCUT2D eigenvalue weighted by atomic mass is 10.2. The highest BCUT2D eigenvalue weighted by Crippen LogP contribution is 2.22. The van der Waals surface area contributed by atoms with Crippen LogP contribution in [0.3, 0.4) is 0 Å². The van der Waals surface area contributed by atoms with Crippen molar-refractivity contribution in [2.45, 2.75) is 26.9 Å². The largest absolute Gasteiger partial charge is 0.478 e. The first-order chi connectivity index (χ1) is 11.1. The molecule has 1 rings (SSSR count). The van der Waals surface area contributed by atoms with Gasteiger partial charge in [0.15, 0.2) is 0 Å². The molecule has 0 saturated heterocycles. The van der Waals surface area contributed by atoms with E-state index in [0.29, 0.717) is 3.57 Å². The van der Waals surface area contributed by atoms with Gasteiger partial charge in [0.25, 0.3) is 0 Å². The van der Waals surface area contributed by atoms with Crippen LogP contribution in [0, 0.1) is 3.57 Å². The minimum Gasteiger partial charge on any atom is -0.478 e. The Balaban J connectivity index is 0.000000640. The molecule has 2 N–H and O–H groups in total. The molecule has 1 aromatic rings. The molecule has 0 saturated carbocycles. The van der Waals surface area contributed by atoms with E-state index in [2.05, 4.69) is 25.7 Å². The quantitative estimate of drug-likeness (QED) is 0.656. The van der Waals surface area contributed by atoms with Crippen LogP contribution in [0.2, 0.25) is 0 Å². The zero-order valence-electron chi connectivity index (χ0n) is 13.6. The van der Waals surface area contributed by atoms with Crippen molar-refractivity contribution in [3.63, 3.8) is 0 Å². The SMILES string of the molecule is CCN(CC)CC.O=C(O)c1cc(I)ccc1NC(=O)C(F)(F)F. The number of hydrogen-bond acceptors (Lipinski definition) is 3. The van der Waals surface area contributed by atoms with Gasteiger partial charge >= 0.3 is 18.1 Å². The number of carboxylic acids is 1. The second-order valence-electron chi connectivity index (χ2n) is 4.57. The van der Waals surface area contributed by atoms with Gasteiger partial charge in [0.05, 0.1) is 11.3 Å². The van der Waals surface area contributed by atoms with Gasteiger partial charge in [0, 0.05) is 3.57 Å². The number of amides is 1. The zero-order valence-corrected chi connectivity index (χ0v) is 15.7. The van der Waals surface area contributed by atoms with Crippen molar-refractivity contribution >= 4 is 40.2 Å². The number of carboxylic acid groups (broad SMARTS) is 1. The number of nitrogens with zero attached hydrogens (tertiary/aromatic N) is 1. The van der Waals surface area contributed by atoms with Crippen molar-refractivity contribution in [1.82, 2.24) is 4.90 Å². The Labute approximate surface area is 152 Å². The van der Waals surface area contributed by atoms with Gasteiger partial charge < -0.3 is 15.3 Å².